The van der Waals surface area contributed by atoms with E-state index in [1.165, 1.54) is 6.92 Å². The Morgan fingerprint density at radius 3 is 1.92 bits per heavy atom. The number of carbonyl (C=O) groups is 1. The fourth-order valence-corrected chi connectivity index (χ4v) is 0.455. The molecule has 2 nitrogen and oxygen atoms in total. The molecule has 0 aliphatic carbocycles. The number of amides is 1. The molecule has 0 unspecified atom stereocenters. The Morgan fingerprint density at radius 1 is 1.25 bits per heavy atom. The first-order valence-electron chi connectivity index (χ1n) is 3.63. The van der Waals surface area contributed by atoms with Crippen molar-refractivity contribution in [2.45, 2.75) is 33.0 Å². The fourth-order valence-electron chi connectivity index (χ4n) is 0.455. The number of carbonyl (C=O) groups excluding carboxylic acids is 1. The van der Waals surface area contributed by atoms with E-state index in [-0.39, 0.29) is 5.92 Å². The standard InChI is InChI=1S/C7H12F3NO/c1-4(2)5(3)11-6(12)7(8,9)10/h4-5H,1-3H3,(H,11,12)/t5-/m1/s1. The lowest BCUT2D eigenvalue weighted by Gasteiger charge is -2.18. The molecule has 0 aliphatic rings. The third kappa shape index (κ3) is 3.59. The van der Waals surface area contributed by atoms with Gasteiger partial charge in [0.05, 0.1) is 0 Å². The predicted octanol–water partition coefficient (Wildman–Crippen LogP) is 1.71. The molecule has 0 bridgehead atoms. The van der Waals surface area contributed by atoms with E-state index >= 15 is 0 Å². The molecule has 0 fully saturated rings. The highest BCUT2D eigenvalue weighted by Gasteiger charge is 2.39. The van der Waals surface area contributed by atoms with Crippen LogP contribution < -0.4 is 5.32 Å². The lowest BCUT2D eigenvalue weighted by Crippen LogP contribution is -2.43. The largest absolute Gasteiger partial charge is 0.471 e. The molecule has 0 spiro atoms. The molecule has 0 aliphatic heterocycles. The summed E-state index contributed by atoms with van der Waals surface area (Å²) in [4.78, 5) is 10.3. The molecule has 72 valence electrons. The normalized spacial score (nSPS) is 14.6. The summed E-state index contributed by atoms with van der Waals surface area (Å²) in [5, 5.41) is 1.86. The zero-order valence-electron chi connectivity index (χ0n) is 7.20. The maximum Gasteiger partial charge on any atom is 0.471 e. The Balaban J connectivity index is 4.02. The van der Waals surface area contributed by atoms with Gasteiger partial charge in [0.15, 0.2) is 0 Å². The molecule has 1 N–H and O–H groups in total. The molecule has 1 atom stereocenters. The van der Waals surface area contributed by atoms with Crippen LogP contribution in [-0.4, -0.2) is 18.1 Å². The Morgan fingerprint density at radius 2 is 1.67 bits per heavy atom. The molecule has 0 aromatic heterocycles. The molecule has 1 amide bonds. The first kappa shape index (κ1) is 11.3. The van der Waals surface area contributed by atoms with Gasteiger partial charge in [0.2, 0.25) is 0 Å². The van der Waals surface area contributed by atoms with Crippen molar-refractivity contribution >= 4 is 5.91 Å². The van der Waals surface area contributed by atoms with E-state index in [4.69, 9.17) is 0 Å². The summed E-state index contributed by atoms with van der Waals surface area (Å²) in [7, 11) is 0. The van der Waals surface area contributed by atoms with Gasteiger partial charge in [0.1, 0.15) is 0 Å². The minimum absolute atomic E-state index is 0.00343. The molecular weight excluding hydrogens is 171 g/mol. The van der Waals surface area contributed by atoms with Gasteiger partial charge in [-0.25, -0.2) is 0 Å². The summed E-state index contributed by atoms with van der Waals surface area (Å²) >= 11 is 0. The van der Waals surface area contributed by atoms with Crippen LogP contribution >= 0.6 is 0 Å². The Bertz CT molecular complexity index is 165. The van der Waals surface area contributed by atoms with Crippen LogP contribution in [0.1, 0.15) is 20.8 Å². The minimum Gasteiger partial charge on any atom is -0.346 e. The van der Waals surface area contributed by atoms with Gasteiger partial charge in [-0.05, 0) is 12.8 Å². The topological polar surface area (TPSA) is 29.1 Å². The van der Waals surface area contributed by atoms with Crippen molar-refractivity contribution in [1.82, 2.24) is 5.32 Å². The summed E-state index contributed by atoms with van der Waals surface area (Å²) in [5.74, 6) is -1.88. The number of alkyl halides is 3. The van der Waals surface area contributed by atoms with E-state index in [0.29, 0.717) is 0 Å². The predicted molar refractivity (Wildman–Crippen MR) is 38.5 cm³/mol. The zero-order valence-corrected chi connectivity index (χ0v) is 7.20. The second-order valence-corrected chi connectivity index (χ2v) is 3.00. The minimum atomic E-state index is -4.77. The maximum absolute atomic E-state index is 11.7. The van der Waals surface area contributed by atoms with Gasteiger partial charge in [-0.2, -0.15) is 13.2 Å². The molecule has 0 radical (unpaired) electrons. The zero-order chi connectivity index (χ0) is 9.94. The molecular formula is C7H12F3NO. The lowest BCUT2D eigenvalue weighted by molar-refractivity contribution is -0.174. The molecule has 0 saturated heterocycles. The smallest absolute Gasteiger partial charge is 0.346 e. The monoisotopic (exact) mass is 183 g/mol. The second-order valence-electron chi connectivity index (χ2n) is 3.00. The SMILES string of the molecule is CC(C)[C@@H](C)NC(=O)C(F)(F)F. The van der Waals surface area contributed by atoms with Crippen LogP contribution in [0.3, 0.4) is 0 Å². The summed E-state index contributed by atoms with van der Waals surface area (Å²) in [6, 6.07) is -0.459. The number of hydrogen-bond acceptors (Lipinski definition) is 1. The summed E-state index contributed by atoms with van der Waals surface area (Å²) in [6.07, 6.45) is -4.77. The van der Waals surface area contributed by atoms with Crippen molar-refractivity contribution in [3.8, 4) is 0 Å². The highest BCUT2D eigenvalue weighted by atomic mass is 19.4. The molecule has 12 heavy (non-hydrogen) atoms. The number of hydrogen-bond donors (Lipinski definition) is 1. The van der Waals surface area contributed by atoms with Crippen molar-refractivity contribution in [3.05, 3.63) is 0 Å². The molecule has 0 heterocycles. The average molecular weight is 183 g/mol. The van der Waals surface area contributed by atoms with Crippen LogP contribution in [0.2, 0.25) is 0 Å². The van der Waals surface area contributed by atoms with E-state index in [2.05, 4.69) is 0 Å². The van der Waals surface area contributed by atoms with Crippen molar-refractivity contribution < 1.29 is 18.0 Å². The molecule has 0 saturated carbocycles. The third-order valence-corrected chi connectivity index (χ3v) is 1.62. The van der Waals surface area contributed by atoms with Crippen LogP contribution in [0.15, 0.2) is 0 Å². The number of rotatable bonds is 2. The van der Waals surface area contributed by atoms with Gasteiger partial charge >= 0.3 is 12.1 Å². The van der Waals surface area contributed by atoms with Gasteiger partial charge in [-0.3, -0.25) is 4.79 Å². The summed E-state index contributed by atoms with van der Waals surface area (Å²) in [5.41, 5.74) is 0. The van der Waals surface area contributed by atoms with Gasteiger partial charge < -0.3 is 5.32 Å². The highest BCUT2D eigenvalue weighted by Crippen LogP contribution is 2.15. The van der Waals surface area contributed by atoms with E-state index in [1.54, 1.807) is 13.8 Å². The van der Waals surface area contributed by atoms with Crippen molar-refractivity contribution in [2.24, 2.45) is 5.92 Å². The fraction of sp³-hybridized carbons (Fsp3) is 0.857. The van der Waals surface area contributed by atoms with Crippen LogP contribution in [0.25, 0.3) is 0 Å². The highest BCUT2D eigenvalue weighted by molar-refractivity contribution is 5.81. The Hall–Kier alpha value is -0.740. The van der Waals surface area contributed by atoms with Crippen LogP contribution in [0, 0.1) is 5.92 Å². The van der Waals surface area contributed by atoms with Gasteiger partial charge in [0.25, 0.3) is 0 Å². The van der Waals surface area contributed by atoms with Crippen LogP contribution in [-0.2, 0) is 4.79 Å². The number of halogens is 3. The lowest BCUT2D eigenvalue weighted by atomic mass is 10.1. The van der Waals surface area contributed by atoms with Crippen LogP contribution in [0.4, 0.5) is 13.2 Å². The summed E-state index contributed by atoms with van der Waals surface area (Å²) < 4.78 is 35.0. The molecule has 5 heteroatoms. The molecule has 0 aromatic carbocycles. The Labute approximate surface area is 69.1 Å². The van der Waals surface area contributed by atoms with Gasteiger partial charge in [-0.15, -0.1) is 0 Å². The Kier molecular flexibility index (Phi) is 3.55. The van der Waals surface area contributed by atoms with Crippen molar-refractivity contribution in [3.63, 3.8) is 0 Å². The van der Waals surface area contributed by atoms with Gasteiger partial charge in [-0.1, -0.05) is 13.8 Å². The van der Waals surface area contributed by atoms with Gasteiger partial charge in [0, 0.05) is 6.04 Å². The van der Waals surface area contributed by atoms with Crippen molar-refractivity contribution in [2.75, 3.05) is 0 Å². The first-order chi connectivity index (χ1) is 5.25. The molecule has 0 aromatic rings. The quantitative estimate of drug-likeness (QED) is 0.693. The van der Waals surface area contributed by atoms with Crippen molar-refractivity contribution in [1.29, 1.82) is 0 Å². The van der Waals surface area contributed by atoms with Crippen LogP contribution in [0.5, 0.6) is 0 Å². The average Bonchev–Trinajstić information content (AvgIpc) is 1.85. The second kappa shape index (κ2) is 3.78. The maximum atomic E-state index is 11.7. The molecule has 0 rings (SSSR count). The first-order valence-corrected chi connectivity index (χ1v) is 3.63. The third-order valence-electron chi connectivity index (χ3n) is 1.62. The van der Waals surface area contributed by atoms with E-state index < -0.39 is 18.1 Å². The summed E-state index contributed by atoms with van der Waals surface area (Å²) in [6.45, 7) is 5.01. The van der Waals surface area contributed by atoms with E-state index in [0.717, 1.165) is 0 Å². The van der Waals surface area contributed by atoms with E-state index in [9.17, 15) is 18.0 Å². The number of nitrogens with one attached hydrogen (secondary N) is 1. The van der Waals surface area contributed by atoms with E-state index in [1.807, 2.05) is 5.32 Å².